The van der Waals surface area contributed by atoms with Crippen LogP contribution in [0.3, 0.4) is 0 Å². The Kier molecular flexibility index (Phi) is 1.80. The Morgan fingerprint density at radius 3 is 2.88 bits per heavy atom. The van der Waals surface area contributed by atoms with Crippen LogP contribution < -0.4 is 0 Å². The summed E-state index contributed by atoms with van der Waals surface area (Å²) in [7, 11) is 0. The molecule has 1 fully saturated rings. The van der Waals surface area contributed by atoms with Crippen molar-refractivity contribution in [2.45, 2.75) is 18.3 Å². The van der Waals surface area contributed by atoms with Gasteiger partial charge < -0.3 is 5.11 Å². The van der Waals surface area contributed by atoms with Crippen molar-refractivity contribution in [3.8, 4) is 0 Å². The van der Waals surface area contributed by atoms with Gasteiger partial charge >= 0.3 is 5.97 Å². The summed E-state index contributed by atoms with van der Waals surface area (Å²) in [5, 5.41) is 17.3. The van der Waals surface area contributed by atoms with Crippen LogP contribution in [-0.2, 0) is 10.2 Å². The quantitative estimate of drug-likeness (QED) is 0.841. The molecule has 16 heavy (non-hydrogen) atoms. The molecule has 0 bridgehead atoms. The lowest BCUT2D eigenvalue weighted by atomic mass is 9.94. The number of carbonyl (C=O) groups is 1. The molecule has 1 aliphatic rings. The van der Waals surface area contributed by atoms with Crippen LogP contribution in [0.2, 0.25) is 5.15 Å². The van der Waals surface area contributed by atoms with Crippen molar-refractivity contribution in [1.82, 2.24) is 10.2 Å². The van der Waals surface area contributed by atoms with E-state index in [1.165, 1.54) is 0 Å². The van der Waals surface area contributed by atoms with E-state index in [1.807, 2.05) is 18.2 Å². The maximum atomic E-state index is 11.3. The molecule has 3 rings (SSSR count). The van der Waals surface area contributed by atoms with Gasteiger partial charge in [0.1, 0.15) is 5.15 Å². The van der Waals surface area contributed by atoms with Crippen LogP contribution in [0.5, 0.6) is 0 Å². The van der Waals surface area contributed by atoms with Gasteiger partial charge in [-0.25, -0.2) is 0 Å². The van der Waals surface area contributed by atoms with E-state index in [-0.39, 0.29) is 0 Å². The molecule has 0 spiro atoms. The summed E-state index contributed by atoms with van der Waals surface area (Å²) in [6.45, 7) is 0. The van der Waals surface area contributed by atoms with Crippen LogP contribution in [0.4, 0.5) is 0 Å². The van der Waals surface area contributed by atoms with E-state index in [4.69, 9.17) is 11.6 Å². The van der Waals surface area contributed by atoms with Gasteiger partial charge in [-0.3, -0.25) is 9.89 Å². The molecule has 1 heterocycles. The highest BCUT2D eigenvalue weighted by Crippen LogP contribution is 2.50. The molecule has 2 N–H and O–H groups in total. The van der Waals surface area contributed by atoms with Gasteiger partial charge in [0, 0.05) is 5.39 Å². The zero-order valence-corrected chi connectivity index (χ0v) is 9.08. The summed E-state index contributed by atoms with van der Waals surface area (Å²) in [6, 6.07) is 5.48. The molecule has 0 saturated heterocycles. The number of halogens is 1. The van der Waals surface area contributed by atoms with E-state index in [1.54, 1.807) is 0 Å². The number of nitrogens with zero attached hydrogens (tertiary/aromatic N) is 1. The van der Waals surface area contributed by atoms with Crippen molar-refractivity contribution in [3.05, 3.63) is 28.9 Å². The minimum atomic E-state index is -0.779. The highest BCUT2D eigenvalue weighted by atomic mass is 35.5. The number of benzene rings is 1. The minimum Gasteiger partial charge on any atom is -0.481 e. The van der Waals surface area contributed by atoms with Crippen LogP contribution in [0.25, 0.3) is 10.9 Å². The first-order valence-electron chi connectivity index (χ1n) is 5.02. The van der Waals surface area contributed by atoms with Crippen molar-refractivity contribution in [3.63, 3.8) is 0 Å². The number of nitrogens with one attached hydrogen (secondary N) is 1. The average molecular weight is 237 g/mol. The maximum Gasteiger partial charge on any atom is 0.314 e. The SMILES string of the molecule is O=C(O)C1(c2cccc3c(Cl)[nH]nc23)CC1. The number of carboxylic acid groups (broad SMARTS) is 1. The van der Waals surface area contributed by atoms with E-state index in [0.29, 0.717) is 23.5 Å². The second kappa shape index (κ2) is 2.98. The lowest BCUT2D eigenvalue weighted by Gasteiger charge is -2.10. The minimum absolute atomic E-state index is 0.457. The van der Waals surface area contributed by atoms with Crippen molar-refractivity contribution in [2.24, 2.45) is 0 Å². The molecule has 82 valence electrons. The molecule has 0 aliphatic heterocycles. The third-order valence-electron chi connectivity index (χ3n) is 3.21. The van der Waals surface area contributed by atoms with Crippen LogP contribution in [-0.4, -0.2) is 21.3 Å². The molecular formula is C11H9ClN2O2. The van der Waals surface area contributed by atoms with Gasteiger partial charge in [-0.1, -0.05) is 23.7 Å². The number of fused-ring (bicyclic) bond motifs is 1. The van der Waals surface area contributed by atoms with Gasteiger partial charge in [0.2, 0.25) is 0 Å². The van der Waals surface area contributed by atoms with Gasteiger partial charge in [-0.15, -0.1) is 0 Å². The number of aromatic nitrogens is 2. The third kappa shape index (κ3) is 1.10. The normalized spacial score (nSPS) is 17.6. The Balaban J connectivity index is 2.29. The predicted molar refractivity (Wildman–Crippen MR) is 59.7 cm³/mol. The molecule has 0 atom stereocenters. The van der Waals surface area contributed by atoms with E-state index < -0.39 is 11.4 Å². The summed E-state index contributed by atoms with van der Waals surface area (Å²) < 4.78 is 0. The van der Waals surface area contributed by atoms with Gasteiger partial charge in [-0.2, -0.15) is 5.10 Å². The van der Waals surface area contributed by atoms with Crippen molar-refractivity contribution < 1.29 is 9.90 Å². The molecule has 1 saturated carbocycles. The van der Waals surface area contributed by atoms with E-state index in [2.05, 4.69) is 10.2 Å². The fourth-order valence-electron chi connectivity index (χ4n) is 2.12. The maximum absolute atomic E-state index is 11.3. The molecule has 0 radical (unpaired) electrons. The summed E-state index contributed by atoms with van der Waals surface area (Å²) in [5.41, 5.74) is 0.700. The van der Waals surface area contributed by atoms with E-state index in [0.717, 1.165) is 10.9 Å². The van der Waals surface area contributed by atoms with Crippen molar-refractivity contribution >= 4 is 28.5 Å². The fourth-order valence-corrected chi connectivity index (χ4v) is 2.31. The summed E-state index contributed by atoms with van der Waals surface area (Å²) >= 11 is 5.93. The number of aromatic amines is 1. The van der Waals surface area contributed by atoms with Crippen LogP contribution in [0, 0.1) is 0 Å². The highest BCUT2D eigenvalue weighted by Gasteiger charge is 2.53. The predicted octanol–water partition coefficient (Wildman–Crippen LogP) is 2.33. The zero-order chi connectivity index (χ0) is 11.3. The lowest BCUT2D eigenvalue weighted by molar-refractivity contribution is -0.140. The Morgan fingerprint density at radius 2 is 2.25 bits per heavy atom. The molecule has 5 heteroatoms. The zero-order valence-electron chi connectivity index (χ0n) is 8.33. The highest BCUT2D eigenvalue weighted by molar-refractivity contribution is 6.34. The summed E-state index contributed by atoms with van der Waals surface area (Å²) in [5.74, 6) is -0.779. The number of hydrogen-bond donors (Lipinski definition) is 2. The Labute approximate surface area is 96.2 Å². The van der Waals surface area contributed by atoms with E-state index in [9.17, 15) is 9.90 Å². The van der Waals surface area contributed by atoms with Crippen molar-refractivity contribution in [1.29, 1.82) is 0 Å². The molecule has 1 aliphatic carbocycles. The van der Waals surface area contributed by atoms with Gasteiger partial charge in [0.25, 0.3) is 0 Å². The van der Waals surface area contributed by atoms with Crippen molar-refractivity contribution in [2.75, 3.05) is 0 Å². The van der Waals surface area contributed by atoms with Gasteiger partial charge in [-0.05, 0) is 24.5 Å². The number of aliphatic carboxylic acids is 1. The van der Waals surface area contributed by atoms with Gasteiger partial charge in [0.05, 0.1) is 10.9 Å². The monoisotopic (exact) mass is 236 g/mol. The molecule has 0 unspecified atom stereocenters. The molecule has 2 aromatic rings. The lowest BCUT2D eigenvalue weighted by Crippen LogP contribution is -2.19. The molecule has 4 nitrogen and oxygen atoms in total. The summed E-state index contributed by atoms with van der Waals surface area (Å²) in [6.07, 6.45) is 1.35. The Hall–Kier alpha value is -1.55. The molecule has 0 amide bonds. The second-order valence-corrected chi connectivity index (χ2v) is 4.50. The standard InChI is InChI=1S/C11H9ClN2O2/c12-9-6-2-1-3-7(8(6)13-14-9)11(4-5-11)10(15)16/h1-3H,4-5H2,(H,13,14)(H,15,16). The number of rotatable bonds is 2. The Bertz CT molecular complexity index is 587. The largest absolute Gasteiger partial charge is 0.481 e. The van der Waals surface area contributed by atoms with E-state index >= 15 is 0 Å². The first kappa shape index (κ1) is 9.66. The molecule has 1 aromatic heterocycles. The summed E-state index contributed by atoms with van der Waals surface area (Å²) in [4.78, 5) is 11.3. The number of para-hydroxylation sites is 1. The first-order chi connectivity index (χ1) is 7.65. The fraction of sp³-hybridized carbons (Fsp3) is 0.273. The third-order valence-corrected chi connectivity index (χ3v) is 3.50. The Morgan fingerprint density at radius 1 is 1.50 bits per heavy atom. The second-order valence-electron chi connectivity index (χ2n) is 4.13. The smallest absolute Gasteiger partial charge is 0.314 e. The van der Waals surface area contributed by atoms with Crippen LogP contribution in [0.15, 0.2) is 18.2 Å². The van der Waals surface area contributed by atoms with Crippen LogP contribution in [0.1, 0.15) is 18.4 Å². The number of hydrogen-bond acceptors (Lipinski definition) is 2. The molecule has 1 aromatic carbocycles. The number of H-pyrrole nitrogens is 1. The first-order valence-corrected chi connectivity index (χ1v) is 5.39. The molecular weight excluding hydrogens is 228 g/mol. The topological polar surface area (TPSA) is 66.0 Å². The average Bonchev–Trinajstić information content (AvgIpc) is 3.00. The van der Waals surface area contributed by atoms with Gasteiger partial charge in [0.15, 0.2) is 0 Å². The number of carboxylic acids is 1. The van der Waals surface area contributed by atoms with Crippen LogP contribution >= 0.6 is 11.6 Å².